The molecule has 0 unspecified atom stereocenters. The van der Waals surface area contributed by atoms with Crippen LogP contribution in [0.4, 0.5) is 21.5 Å². The third kappa shape index (κ3) is 5.12. The van der Waals surface area contributed by atoms with E-state index < -0.39 is 24.3 Å². The second-order valence-corrected chi connectivity index (χ2v) is 6.66. The average Bonchev–Trinajstić information content (AvgIpc) is 3.11. The first kappa shape index (κ1) is 19.9. The molecule has 2 heterocycles. The van der Waals surface area contributed by atoms with Crippen molar-refractivity contribution < 1.29 is 19.5 Å². The average molecular weight is 412 g/mol. The number of thiazole rings is 1. The van der Waals surface area contributed by atoms with Gasteiger partial charge in [-0.2, -0.15) is 0 Å². The molecule has 6 N–H and O–H groups in total. The number of anilines is 4. The Kier molecular flexibility index (Phi) is 6.12. The van der Waals surface area contributed by atoms with Crippen LogP contribution in [-0.4, -0.2) is 39.4 Å². The topological polar surface area (TPSA) is 159 Å². The zero-order valence-corrected chi connectivity index (χ0v) is 15.7. The predicted octanol–water partition coefficient (Wildman–Crippen LogP) is 1.56. The Morgan fingerprint density at radius 2 is 1.69 bits per heavy atom. The van der Waals surface area contributed by atoms with Gasteiger partial charge in [-0.05, 0) is 36.4 Å². The van der Waals surface area contributed by atoms with E-state index in [1.165, 1.54) is 24.3 Å². The number of pyridine rings is 1. The van der Waals surface area contributed by atoms with Crippen molar-refractivity contribution in [2.75, 3.05) is 22.6 Å². The number of aliphatic hydroxyl groups is 1. The highest BCUT2D eigenvalue weighted by Crippen LogP contribution is 2.30. The number of carbonyl (C=O) groups is 3. The van der Waals surface area contributed by atoms with Crippen LogP contribution in [0.15, 0.2) is 48.8 Å². The Morgan fingerprint density at radius 1 is 1.00 bits per heavy atom. The number of rotatable bonds is 7. The van der Waals surface area contributed by atoms with E-state index in [0.717, 1.165) is 11.3 Å². The van der Waals surface area contributed by atoms with Crippen LogP contribution in [0.5, 0.6) is 0 Å². The summed E-state index contributed by atoms with van der Waals surface area (Å²) in [4.78, 5) is 43.4. The van der Waals surface area contributed by atoms with Crippen molar-refractivity contribution in [1.29, 1.82) is 0 Å². The summed E-state index contributed by atoms with van der Waals surface area (Å²) in [5, 5.41) is 17.4. The molecule has 1 aromatic carbocycles. The summed E-state index contributed by atoms with van der Waals surface area (Å²) in [7, 11) is 0. The van der Waals surface area contributed by atoms with Crippen molar-refractivity contribution in [3.63, 3.8) is 0 Å². The summed E-state index contributed by atoms with van der Waals surface area (Å²) >= 11 is 1.06. The lowest BCUT2D eigenvalue weighted by molar-refractivity contribution is -0.118. The fourth-order valence-electron chi connectivity index (χ4n) is 2.26. The number of nitrogens with two attached hydrogens (primary N) is 1. The highest BCUT2D eigenvalue weighted by Gasteiger charge is 2.19. The first-order valence-electron chi connectivity index (χ1n) is 8.26. The van der Waals surface area contributed by atoms with Crippen LogP contribution >= 0.6 is 11.3 Å². The molecular weight excluding hydrogens is 396 g/mol. The number of hydrogen-bond donors (Lipinski definition) is 5. The smallest absolute Gasteiger partial charge is 0.270 e. The third-order valence-electron chi connectivity index (χ3n) is 3.59. The number of amides is 3. The Morgan fingerprint density at radius 3 is 2.31 bits per heavy atom. The van der Waals surface area contributed by atoms with Gasteiger partial charge < -0.3 is 26.8 Å². The summed E-state index contributed by atoms with van der Waals surface area (Å²) in [6.45, 7) is -0.640. The molecule has 3 amide bonds. The summed E-state index contributed by atoms with van der Waals surface area (Å²) < 4.78 is 0. The molecule has 0 fully saturated rings. The minimum absolute atomic E-state index is 0.0632. The number of benzene rings is 1. The molecule has 0 saturated heterocycles. The van der Waals surface area contributed by atoms with Gasteiger partial charge in [0, 0.05) is 29.3 Å². The minimum atomic E-state index is -0.776. The highest BCUT2D eigenvalue weighted by atomic mass is 32.1. The van der Waals surface area contributed by atoms with Crippen molar-refractivity contribution in [2.24, 2.45) is 5.73 Å². The first-order chi connectivity index (χ1) is 14.0. The van der Waals surface area contributed by atoms with Crippen molar-refractivity contribution in [3.05, 3.63) is 60.0 Å². The summed E-state index contributed by atoms with van der Waals surface area (Å²) in [6, 6.07) is 9.45. The highest BCUT2D eigenvalue weighted by molar-refractivity contribution is 7.20. The molecule has 3 rings (SSSR count). The lowest BCUT2D eigenvalue weighted by Crippen LogP contribution is -2.18. The fourth-order valence-corrected chi connectivity index (χ4v) is 3.15. The second-order valence-electron chi connectivity index (χ2n) is 5.66. The van der Waals surface area contributed by atoms with E-state index in [2.05, 4.69) is 25.9 Å². The molecule has 11 heteroatoms. The van der Waals surface area contributed by atoms with E-state index >= 15 is 0 Å². The molecule has 10 nitrogen and oxygen atoms in total. The van der Waals surface area contributed by atoms with Gasteiger partial charge in [0.2, 0.25) is 5.91 Å². The van der Waals surface area contributed by atoms with Crippen molar-refractivity contribution >= 4 is 50.6 Å². The molecule has 148 valence electrons. The zero-order chi connectivity index (χ0) is 20.8. The van der Waals surface area contributed by atoms with Crippen LogP contribution in [0, 0.1) is 0 Å². The molecule has 29 heavy (non-hydrogen) atoms. The zero-order valence-electron chi connectivity index (χ0n) is 14.9. The molecule has 0 aliphatic heterocycles. The van der Waals surface area contributed by atoms with Crippen molar-refractivity contribution in [2.45, 2.75) is 0 Å². The Hall–Kier alpha value is -3.83. The summed E-state index contributed by atoms with van der Waals surface area (Å²) in [5.74, 6) is -1.82. The van der Waals surface area contributed by atoms with Gasteiger partial charge in [-0.25, -0.2) is 4.98 Å². The maximum Gasteiger partial charge on any atom is 0.270 e. The second kappa shape index (κ2) is 8.91. The molecule has 0 spiro atoms. The van der Waals surface area contributed by atoms with Crippen LogP contribution in [0.2, 0.25) is 0 Å². The molecule has 0 radical (unpaired) electrons. The number of aliphatic hydroxyl groups excluding tert-OH is 1. The van der Waals surface area contributed by atoms with Crippen molar-refractivity contribution in [3.8, 4) is 0 Å². The van der Waals surface area contributed by atoms with Gasteiger partial charge in [0.25, 0.3) is 11.8 Å². The monoisotopic (exact) mass is 412 g/mol. The standard InChI is InChI=1S/C18H16N6O4S/c19-15(27)14-17(29-18(23-14)22-12-5-7-20-8-6-12)24-16(28)10-1-3-11(4-2-10)21-13(26)9-25/h1-8,25H,9H2,(H2,19,27)(H,21,26)(H,24,28)(H,20,22,23). The van der Waals surface area contributed by atoms with Crippen molar-refractivity contribution in [1.82, 2.24) is 9.97 Å². The third-order valence-corrected chi connectivity index (χ3v) is 4.48. The molecule has 0 saturated carbocycles. The first-order valence-corrected chi connectivity index (χ1v) is 9.07. The van der Waals surface area contributed by atoms with Crippen LogP contribution in [0.1, 0.15) is 20.8 Å². The lowest BCUT2D eigenvalue weighted by Gasteiger charge is -2.06. The number of nitrogens with one attached hydrogen (secondary N) is 3. The van der Waals surface area contributed by atoms with E-state index in [-0.39, 0.29) is 10.7 Å². The molecule has 2 aromatic heterocycles. The largest absolute Gasteiger partial charge is 0.387 e. The lowest BCUT2D eigenvalue weighted by atomic mass is 10.2. The van der Waals surface area contributed by atoms with Gasteiger partial charge in [0.15, 0.2) is 10.8 Å². The number of nitrogens with zero attached hydrogens (tertiary/aromatic N) is 2. The quantitative estimate of drug-likeness (QED) is 0.394. The summed E-state index contributed by atoms with van der Waals surface area (Å²) in [5.41, 5.74) is 6.74. The van der Waals surface area contributed by atoms with E-state index in [0.29, 0.717) is 22.1 Å². The van der Waals surface area contributed by atoms with E-state index in [1.54, 1.807) is 24.5 Å². The van der Waals surface area contributed by atoms with Crippen LogP contribution in [-0.2, 0) is 4.79 Å². The number of primary amides is 1. The van der Waals surface area contributed by atoms with Gasteiger partial charge in [0.1, 0.15) is 11.6 Å². The molecule has 3 aromatic rings. The predicted molar refractivity (Wildman–Crippen MR) is 108 cm³/mol. The van der Waals surface area contributed by atoms with Gasteiger partial charge in [-0.3, -0.25) is 19.4 Å². The number of hydrogen-bond acceptors (Lipinski definition) is 8. The molecule has 0 aliphatic carbocycles. The molecule has 0 bridgehead atoms. The maximum atomic E-state index is 12.5. The fraction of sp³-hybridized carbons (Fsp3) is 0.0556. The number of carbonyl (C=O) groups excluding carboxylic acids is 3. The molecular formula is C18H16N6O4S. The van der Waals surface area contributed by atoms with E-state index in [1.807, 2.05) is 0 Å². The number of aromatic nitrogens is 2. The van der Waals surface area contributed by atoms with Gasteiger partial charge in [-0.1, -0.05) is 11.3 Å². The van der Waals surface area contributed by atoms with Crippen LogP contribution in [0.3, 0.4) is 0 Å². The van der Waals surface area contributed by atoms with E-state index in [4.69, 9.17) is 10.8 Å². The van der Waals surface area contributed by atoms with Gasteiger partial charge in [0.05, 0.1) is 0 Å². The molecule has 0 aliphatic rings. The Bertz CT molecular complexity index is 1040. The van der Waals surface area contributed by atoms with Gasteiger partial charge >= 0.3 is 0 Å². The normalized spacial score (nSPS) is 10.2. The van der Waals surface area contributed by atoms with E-state index in [9.17, 15) is 14.4 Å². The summed E-state index contributed by atoms with van der Waals surface area (Å²) in [6.07, 6.45) is 3.19. The SMILES string of the molecule is NC(=O)c1nc(Nc2ccncc2)sc1NC(=O)c1ccc(NC(=O)CO)cc1. The Balaban J connectivity index is 1.75. The molecule has 0 atom stereocenters. The Labute approximate surface area is 168 Å². The maximum absolute atomic E-state index is 12.5. The van der Waals surface area contributed by atoms with Gasteiger partial charge in [-0.15, -0.1) is 0 Å². The van der Waals surface area contributed by atoms with Crippen LogP contribution < -0.4 is 21.7 Å². The van der Waals surface area contributed by atoms with Crippen LogP contribution in [0.25, 0.3) is 0 Å². The minimum Gasteiger partial charge on any atom is -0.387 e.